The van der Waals surface area contributed by atoms with Crippen LogP contribution in [0.25, 0.3) is 0 Å². The van der Waals surface area contributed by atoms with Crippen LogP contribution in [0.4, 0.5) is 5.95 Å². The van der Waals surface area contributed by atoms with Gasteiger partial charge in [-0.15, -0.1) is 0 Å². The second kappa shape index (κ2) is 5.54. The number of nitrogens with zero attached hydrogens (tertiary/aromatic N) is 3. The third kappa shape index (κ3) is 2.67. The SMILES string of the molecule is CCCN(CC)c1ncc(CN)cn1. The third-order valence-electron chi connectivity index (χ3n) is 2.09. The molecular formula is C10H18N4. The van der Waals surface area contributed by atoms with E-state index in [0.717, 1.165) is 31.0 Å². The van der Waals surface area contributed by atoms with Crippen LogP contribution in [0.1, 0.15) is 25.8 Å². The molecule has 0 amide bonds. The zero-order valence-electron chi connectivity index (χ0n) is 8.90. The minimum atomic E-state index is 0.500. The van der Waals surface area contributed by atoms with Gasteiger partial charge in [-0.05, 0) is 13.3 Å². The van der Waals surface area contributed by atoms with Gasteiger partial charge in [0.25, 0.3) is 0 Å². The fourth-order valence-corrected chi connectivity index (χ4v) is 1.29. The van der Waals surface area contributed by atoms with Crippen LogP contribution in [-0.4, -0.2) is 23.1 Å². The van der Waals surface area contributed by atoms with E-state index in [1.54, 1.807) is 12.4 Å². The van der Waals surface area contributed by atoms with E-state index in [-0.39, 0.29) is 0 Å². The summed E-state index contributed by atoms with van der Waals surface area (Å²) in [5.41, 5.74) is 6.45. The predicted octanol–water partition coefficient (Wildman–Crippen LogP) is 1.17. The minimum Gasteiger partial charge on any atom is -0.341 e. The van der Waals surface area contributed by atoms with Gasteiger partial charge in [0.15, 0.2) is 0 Å². The number of anilines is 1. The molecule has 0 radical (unpaired) electrons. The maximum atomic E-state index is 5.47. The molecule has 0 saturated carbocycles. The van der Waals surface area contributed by atoms with E-state index in [1.807, 2.05) is 0 Å². The van der Waals surface area contributed by atoms with Crippen molar-refractivity contribution < 1.29 is 0 Å². The Labute approximate surface area is 85.2 Å². The largest absolute Gasteiger partial charge is 0.341 e. The Balaban J connectivity index is 2.73. The summed E-state index contributed by atoms with van der Waals surface area (Å²) in [6, 6.07) is 0. The van der Waals surface area contributed by atoms with Crippen molar-refractivity contribution >= 4 is 5.95 Å². The Morgan fingerprint density at radius 1 is 1.29 bits per heavy atom. The van der Waals surface area contributed by atoms with E-state index < -0.39 is 0 Å². The van der Waals surface area contributed by atoms with E-state index in [2.05, 4.69) is 28.7 Å². The number of nitrogens with two attached hydrogens (primary N) is 1. The minimum absolute atomic E-state index is 0.500. The van der Waals surface area contributed by atoms with Crippen molar-refractivity contribution in [3.05, 3.63) is 18.0 Å². The average Bonchev–Trinajstić information content (AvgIpc) is 2.26. The van der Waals surface area contributed by atoms with Crippen molar-refractivity contribution in [2.75, 3.05) is 18.0 Å². The molecule has 1 aromatic heterocycles. The highest BCUT2D eigenvalue weighted by molar-refractivity contribution is 5.29. The fourth-order valence-electron chi connectivity index (χ4n) is 1.29. The van der Waals surface area contributed by atoms with Gasteiger partial charge in [0, 0.05) is 37.6 Å². The van der Waals surface area contributed by atoms with Crippen molar-refractivity contribution in [1.82, 2.24) is 9.97 Å². The Bertz CT molecular complexity index is 257. The lowest BCUT2D eigenvalue weighted by Gasteiger charge is -2.19. The van der Waals surface area contributed by atoms with Gasteiger partial charge in [0.2, 0.25) is 5.95 Å². The van der Waals surface area contributed by atoms with E-state index in [1.165, 1.54) is 0 Å². The molecule has 0 bridgehead atoms. The molecular weight excluding hydrogens is 176 g/mol. The molecule has 1 rings (SSSR count). The molecule has 0 unspecified atom stereocenters. The summed E-state index contributed by atoms with van der Waals surface area (Å²) in [6.45, 7) is 6.70. The highest BCUT2D eigenvalue weighted by Crippen LogP contribution is 2.06. The Morgan fingerprint density at radius 3 is 2.36 bits per heavy atom. The van der Waals surface area contributed by atoms with Crippen LogP contribution in [0.3, 0.4) is 0 Å². The van der Waals surface area contributed by atoms with Crippen molar-refractivity contribution in [3.63, 3.8) is 0 Å². The molecule has 2 N–H and O–H groups in total. The van der Waals surface area contributed by atoms with Crippen molar-refractivity contribution in [2.24, 2.45) is 5.73 Å². The van der Waals surface area contributed by atoms with Crippen LogP contribution >= 0.6 is 0 Å². The Morgan fingerprint density at radius 2 is 1.93 bits per heavy atom. The number of rotatable bonds is 5. The van der Waals surface area contributed by atoms with Crippen LogP contribution in [0, 0.1) is 0 Å². The van der Waals surface area contributed by atoms with Gasteiger partial charge >= 0.3 is 0 Å². The van der Waals surface area contributed by atoms with Crippen LogP contribution in [-0.2, 0) is 6.54 Å². The highest BCUT2D eigenvalue weighted by atomic mass is 15.2. The smallest absolute Gasteiger partial charge is 0.225 e. The molecule has 0 aromatic carbocycles. The summed E-state index contributed by atoms with van der Waals surface area (Å²) in [7, 11) is 0. The van der Waals surface area contributed by atoms with Crippen molar-refractivity contribution in [2.45, 2.75) is 26.8 Å². The lowest BCUT2D eigenvalue weighted by Crippen LogP contribution is -2.25. The molecule has 0 aliphatic heterocycles. The van der Waals surface area contributed by atoms with Crippen LogP contribution in [0.2, 0.25) is 0 Å². The van der Waals surface area contributed by atoms with Crippen molar-refractivity contribution in [1.29, 1.82) is 0 Å². The number of hydrogen-bond donors (Lipinski definition) is 1. The summed E-state index contributed by atoms with van der Waals surface area (Å²) in [5, 5.41) is 0. The van der Waals surface area contributed by atoms with Crippen LogP contribution < -0.4 is 10.6 Å². The monoisotopic (exact) mass is 194 g/mol. The van der Waals surface area contributed by atoms with E-state index >= 15 is 0 Å². The van der Waals surface area contributed by atoms with Gasteiger partial charge in [-0.2, -0.15) is 0 Å². The topological polar surface area (TPSA) is 55.0 Å². The normalized spacial score (nSPS) is 10.2. The summed E-state index contributed by atoms with van der Waals surface area (Å²) >= 11 is 0. The molecule has 0 fully saturated rings. The zero-order chi connectivity index (χ0) is 10.4. The fraction of sp³-hybridized carbons (Fsp3) is 0.600. The summed E-state index contributed by atoms with van der Waals surface area (Å²) < 4.78 is 0. The summed E-state index contributed by atoms with van der Waals surface area (Å²) in [5.74, 6) is 0.798. The zero-order valence-corrected chi connectivity index (χ0v) is 8.90. The van der Waals surface area contributed by atoms with Gasteiger partial charge < -0.3 is 10.6 Å². The molecule has 4 heteroatoms. The van der Waals surface area contributed by atoms with Crippen LogP contribution in [0.15, 0.2) is 12.4 Å². The Hall–Kier alpha value is -1.16. The summed E-state index contributed by atoms with van der Waals surface area (Å²) in [6.07, 6.45) is 4.69. The number of hydrogen-bond acceptors (Lipinski definition) is 4. The predicted molar refractivity (Wildman–Crippen MR) is 58.1 cm³/mol. The molecule has 4 nitrogen and oxygen atoms in total. The molecule has 0 aliphatic carbocycles. The second-order valence-electron chi connectivity index (χ2n) is 3.18. The first kappa shape index (κ1) is 10.9. The molecule has 0 aliphatic rings. The molecule has 1 aromatic rings. The lowest BCUT2D eigenvalue weighted by molar-refractivity contribution is 0.759. The van der Waals surface area contributed by atoms with E-state index in [4.69, 9.17) is 5.73 Å². The van der Waals surface area contributed by atoms with Gasteiger partial charge in [0.05, 0.1) is 0 Å². The standard InChI is InChI=1S/C10H18N4/c1-3-5-14(4-2)10-12-7-9(6-11)8-13-10/h7-8H,3-6,11H2,1-2H3. The first-order valence-corrected chi connectivity index (χ1v) is 5.07. The van der Waals surface area contributed by atoms with Gasteiger partial charge in [-0.3, -0.25) is 0 Å². The molecule has 78 valence electrons. The molecule has 14 heavy (non-hydrogen) atoms. The van der Waals surface area contributed by atoms with Gasteiger partial charge in [-0.25, -0.2) is 9.97 Å². The first-order valence-electron chi connectivity index (χ1n) is 5.07. The lowest BCUT2D eigenvalue weighted by atomic mass is 10.3. The maximum Gasteiger partial charge on any atom is 0.225 e. The van der Waals surface area contributed by atoms with Gasteiger partial charge in [-0.1, -0.05) is 6.92 Å². The highest BCUT2D eigenvalue weighted by Gasteiger charge is 2.04. The van der Waals surface area contributed by atoms with E-state index in [9.17, 15) is 0 Å². The maximum absolute atomic E-state index is 5.47. The summed E-state index contributed by atoms with van der Waals surface area (Å²) in [4.78, 5) is 10.7. The number of aromatic nitrogens is 2. The third-order valence-corrected chi connectivity index (χ3v) is 2.09. The molecule has 0 atom stereocenters. The quantitative estimate of drug-likeness (QED) is 0.764. The molecule has 0 spiro atoms. The van der Waals surface area contributed by atoms with E-state index in [0.29, 0.717) is 6.54 Å². The first-order chi connectivity index (χ1) is 6.81. The second-order valence-corrected chi connectivity index (χ2v) is 3.18. The van der Waals surface area contributed by atoms with Gasteiger partial charge in [0.1, 0.15) is 0 Å². The molecule has 0 saturated heterocycles. The van der Waals surface area contributed by atoms with Crippen LogP contribution in [0.5, 0.6) is 0 Å². The van der Waals surface area contributed by atoms with Crippen molar-refractivity contribution in [3.8, 4) is 0 Å². The Kier molecular flexibility index (Phi) is 4.32. The molecule has 1 heterocycles. The average molecular weight is 194 g/mol.